The number of nitrogens with zero attached hydrogens (tertiary/aromatic N) is 2. The van der Waals surface area contributed by atoms with Gasteiger partial charge >= 0.3 is 0 Å². The minimum absolute atomic E-state index is 0.906. The van der Waals surface area contributed by atoms with E-state index in [1.807, 2.05) is 19.2 Å². The van der Waals surface area contributed by atoms with Crippen molar-refractivity contribution >= 4 is 27.7 Å². The predicted octanol–water partition coefficient (Wildman–Crippen LogP) is 3.44. The molecular weight excluding hydrogens is 260 g/mol. The highest BCUT2D eigenvalue weighted by Gasteiger charge is 1.97. The van der Waals surface area contributed by atoms with E-state index in [1.54, 1.807) is 11.8 Å². The van der Waals surface area contributed by atoms with Gasteiger partial charge in [-0.3, -0.25) is 0 Å². The van der Waals surface area contributed by atoms with Crippen molar-refractivity contribution in [3.05, 3.63) is 18.0 Å². The number of hydrogen-bond acceptors (Lipinski definition) is 3. The van der Waals surface area contributed by atoms with E-state index in [0.717, 1.165) is 21.9 Å². The van der Waals surface area contributed by atoms with E-state index in [4.69, 9.17) is 0 Å². The quantitative estimate of drug-likeness (QED) is 0.344. The second-order valence-electron chi connectivity index (χ2n) is 3.08. The van der Waals surface area contributed by atoms with Gasteiger partial charge in [0.1, 0.15) is 0 Å². The van der Waals surface area contributed by atoms with Crippen molar-refractivity contribution in [3.63, 3.8) is 0 Å². The van der Waals surface area contributed by atoms with Gasteiger partial charge in [-0.15, -0.1) is 0 Å². The zero-order valence-electron chi connectivity index (χ0n) is 8.37. The van der Waals surface area contributed by atoms with Crippen molar-refractivity contribution in [2.24, 2.45) is 0 Å². The number of halogens is 1. The smallest absolute Gasteiger partial charge is 0.187 e. The van der Waals surface area contributed by atoms with Crippen LogP contribution in [0.3, 0.4) is 0 Å². The van der Waals surface area contributed by atoms with Crippen LogP contribution in [0.4, 0.5) is 0 Å². The van der Waals surface area contributed by atoms with E-state index in [2.05, 4.69) is 25.9 Å². The maximum absolute atomic E-state index is 4.33. The van der Waals surface area contributed by atoms with Crippen LogP contribution in [-0.2, 0) is 0 Å². The third kappa shape index (κ3) is 4.96. The summed E-state index contributed by atoms with van der Waals surface area (Å²) < 4.78 is 0. The largest absolute Gasteiger partial charge is 0.231 e. The van der Waals surface area contributed by atoms with Gasteiger partial charge in [0, 0.05) is 23.0 Å². The number of thioether (sulfide) groups is 1. The highest BCUT2D eigenvalue weighted by atomic mass is 79.9. The summed E-state index contributed by atoms with van der Waals surface area (Å²) in [6.07, 6.45) is 5.61. The highest BCUT2D eigenvalue weighted by Crippen LogP contribution is 2.14. The topological polar surface area (TPSA) is 25.8 Å². The summed E-state index contributed by atoms with van der Waals surface area (Å²) >= 11 is 5.17. The van der Waals surface area contributed by atoms with Crippen molar-refractivity contribution < 1.29 is 0 Å². The number of unbranched alkanes of at least 4 members (excludes halogenated alkanes) is 2. The van der Waals surface area contributed by atoms with Crippen LogP contribution in [0, 0.1) is 6.92 Å². The zero-order valence-corrected chi connectivity index (χ0v) is 10.8. The molecule has 0 bridgehead atoms. The lowest BCUT2D eigenvalue weighted by Crippen LogP contribution is -1.90. The molecule has 0 spiro atoms. The third-order valence-electron chi connectivity index (χ3n) is 1.78. The molecule has 0 aliphatic heterocycles. The Bertz CT molecular complexity index is 268. The minimum Gasteiger partial charge on any atom is -0.231 e. The molecule has 1 rings (SSSR count). The number of hydrogen-bond donors (Lipinski definition) is 0. The van der Waals surface area contributed by atoms with Gasteiger partial charge in [-0.05, 0) is 25.8 Å². The third-order valence-corrected chi connectivity index (χ3v) is 3.29. The molecule has 1 aromatic rings. The first kappa shape index (κ1) is 12.0. The first-order valence-electron chi connectivity index (χ1n) is 4.81. The van der Waals surface area contributed by atoms with Gasteiger partial charge in [-0.1, -0.05) is 34.1 Å². The molecule has 14 heavy (non-hydrogen) atoms. The molecule has 0 aromatic carbocycles. The number of alkyl halides is 1. The molecule has 0 unspecified atom stereocenters. The molecule has 1 aromatic heterocycles. The average Bonchev–Trinajstić information content (AvgIpc) is 2.18. The second kappa shape index (κ2) is 7.23. The lowest BCUT2D eigenvalue weighted by atomic mass is 10.3. The fourth-order valence-corrected chi connectivity index (χ4v) is 2.30. The Balaban J connectivity index is 2.18. The zero-order chi connectivity index (χ0) is 10.2. The lowest BCUT2D eigenvalue weighted by Gasteiger charge is -2.00. The fraction of sp³-hybridized carbons (Fsp3) is 0.600. The van der Waals surface area contributed by atoms with Crippen LogP contribution < -0.4 is 0 Å². The van der Waals surface area contributed by atoms with Gasteiger partial charge < -0.3 is 0 Å². The van der Waals surface area contributed by atoms with Crippen LogP contribution in [0.25, 0.3) is 0 Å². The molecule has 2 nitrogen and oxygen atoms in total. The van der Waals surface area contributed by atoms with Crippen LogP contribution in [0.15, 0.2) is 17.4 Å². The SMILES string of the molecule is Cc1ccnc(SCCCCCBr)n1. The summed E-state index contributed by atoms with van der Waals surface area (Å²) in [6.45, 7) is 2.00. The number of aryl methyl sites for hydroxylation is 1. The molecule has 0 N–H and O–H groups in total. The molecule has 4 heteroatoms. The van der Waals surface area contributed by atoms with Gasteiger partial charge in [-0.2, -0.15) is 0 Å². The van der Waals surface area contributed by atoms with E-state index in [0.29, 0.717) is 0 Å². The Morgan fingerprint density at radius 2 is 2.21 bits per heavy atom. The van der Waals surface area contributed by atoms with Crippen LogP contribution in [-0.4, -0.2) is 21.1 Å². The van der Waals surface area contributed by atoms with Gasteiger partial charge in [0.05, 0.1) is 0 Å². The predicted molar refractivity (Wildman–Crippen MR) is 65.1 cm³/mol. The van der Waals surface area contributed by atoms with Gasteiger partial charge in [0.2, 0.25) is 0 Å². The van der Waals surface area contributed by atoms with E-state index in [1.165, 1.54) is 19.3 Å². The van der Waals surface area contributed by atoms with Gasteiger partial charge in [-0.25, -0.2) is 9.97 Å². The molecule has 0 aliphatic rings. The maximum atomic E-state index is 4.33. The Morgan fingerprint density at radius 1 is 1.36 bits per heavy atom. The molecule has 1 heterocycles. The summed E-state index contributed by atoms with van der Waals surface area (Å²) in [5.41, 5.74) is 1.04. The molecule has 0 saturated carbocycles. The molecule has 0 radical (unpaired) electrons. The second-order valence-corrected chi connectivity index (χ2v) is 4.93. The molecule has 0 amide bonds. The van der Waals surface area contributed by atoms with Crippen molar-refractivity contribution in [1.82, 2.24) is 9.97 Å². The van der Waals surface area contributed by atoms with E-state index in [-0.39, 0.29) is 0 Å². The monoisotopic (exact) mass is 274 g/mol. The van der Waals surface area contributed by atoms with E-state index >= 15 is 0 Å². The van der Waals surface area contributed by atoms with Crippen LogP contribution in [0.5, 0.6) is 0 Å². The fourth-order valence-electron chi connectivity index (χ4n) is 1.03. The van der Waals surface area contributed by atoms with Crippen LogP contribution >= 0.6 is 27.7 Å². The molecule has 0 saturated heterocycles. The summed E-state index contributed by atoms with van der Waals surface area (Å²) in [4.78, 5) is 8.53. The van der Waals surface area contributed by atoms with Crippen molar-refractivity contribution in [2.75, 3.05) is 11.1 Å². The van der Waals surface area contributed by atoms with E-state index in [9.17, 15) is 0 Å². The Hall–Kier alpha value is -0.0900. The van der Waals surface area contributed by atoms with Crippen LogP contribution in [0.2, 0.25) is 0 Å². The molecule has 0 atom stereocenters. The molecule has 0 fully saturated rings. The first-order valence-corrected chi connectivity index (χ1v) is 6.92. The summed E-state index contributed by atoms with van der Waals surface area (Å²) in [5.74, 6) is 1.12. The number of aromatic nitrogens is 2. The number of rotatable bonds is 6. The Morgan fingerprint density at radius 3 is 2.93 bits per heavy atom. The Kier molecular flexibility index (Phi) is 6.19. The molecule has 0 aliphatic carbocycles. The van der Waals surface area contributed by atoms with Gasteiger partial charge in [0.25, 0.3) is 0 Å². The van der Waals surface area contributed by atoms with Gasteiger partial charge in [0.15, 0.2) is 5.16 Å². The summed E-state index contributed by atoms with van der Waals surface area (Å²) in [7, 11) is 0. The normalized spacial score (nSPS) is 10.4. The molecular formula is C10H15BrN2S. The molecule has 78 valence electrons. The minimum atomic E-state index is 0.906. The maximum Gasteiger partial charge on any atom is 0.187 e. The van der Waals surface area contributed by atoms with E-state index < -0.39 is 0 Å². The first-order chi connectivity index (χ1) is 6.83. The highest BCUT2D eigenvalue weighted by molar-refractivity contribution is 9.09. The van der Waals surface area contributed by atoms with Crippen molar-refractivity contribution in [3.8, 4) is 0 Å². The standard InChI is InChI=1S/C10H15BrN2S/c1-9-5-7-12-10(13-9)14-8-4-2-3-6-11/h5,7H,2-4,6,8H2,1H3. The summed E-state index contributed by atoms with van der Waals surface area (Å²) in [5, 5.41) is 2.02. The van der Waals surface area contributed by atoms with Crippen LogP contribution in [0.1, 0.15) is 25.0 Å². The lowest BCUT2D eigenvalue weighted by molar-refractivity contribution is 0.786. The average molecular weight is 275 g/mol. The van der Waals surface area contributed by atoms with Crippen molar-refractivity contribution in [2.45, 2.75) is 31.3 Å². The Labute approximate surface area is 98.1 Å². The summed E-state index contributed by atoms with van der Waals surface area (Å²) in [6, 6.07) is 1.93. The van der Waals surface area contributed by atoms with Crippen molar-refractivity contribution in [1.29, 1.82) is 0 Å².